The Hall–Kier alpha value is -2.94. The van der Waals surface area contributed by atoms with Gasteiger partial charge in [0.05, 0.1) is 4.92 Å². The lowest BCUT2D eigenvalue weighted by Gasteiger charge is -2.19. The summed E-state index contributed by atoms with van der Waals surface area (Å²) in [4.78, 5) is 22.1. The first-order valence-corrected chi connectivity index (χ1v) is 9.67. The molecule has 1 aromatic carbocycles. The third-order valence-corrected chi connectivity index (χ3v) is 4.76. The Labute approximate surface area is 164 Å². The molecule has 28 heavy (non-hydrogen) atoms. The maximum atomic E-state index is 11.1. The van der Waals surface area contributed by atoms with Crippen LogP contribution in [0.25, 0.3) is 0 Å². The van der Waals surface area contributed by atoms with Crippen molar-refractivity contribution in [2.75, 3.05) is 35.6 Å². The fourth-order valence-electron chi connectivity index (χ4n) is 3.42. The van der Waals surface area contributed by atoms with E-state index >= 15 is 0 Å². The molecule has 150 valence electrons. The van der Waals surface area contributed by atoms with Gasteiger partial charge >= 0.3 is 0 Å². The molecular weight excluding hydrogens is 358 g/mol. The van der Waals surface area contributed by atoms with E-state index in [1.807, 2.05) is 6.07 Å². The Kier molecular flexibility index (Phi) is 6.25. The number of aryl methyl sites for hydroxylation is 1. The standard InChI is InChI=1S/C19H27N7O2/c1-3-5-13-11-18(25-9-8-15(12-25)21-4-2)24-19(22-13)23-14-6-7-16(20)17(10-14)26(27)28/h6-7,10-11,15,21H,3-5,8-9,12,20H2,1-2H3,(H,22,23,24)/t15-/m0/s1. The van der Waals surface area contributed by atoms with Gasteiger partial charge in [0.2, 0.25) is 5.95 Å². The van der Waals surface area contributed by atoms with Gasteiger partial charge in [-0.05, 0) is 31.5 Å². The summed E-state index contributed by atoms with van der Waals surface area (Å²) in [6, 6.07) is 7.11. The smallest absolute Gasteiger partial charge is 0.294 e. The normalized spacial score (nSPS) is 16.4. The maximum Gasteiger partial charge on any atom is 0.294 e. The predicted octanol–water partition coefficient (Wildman–Crippen LogP) is 2.85. The first kappa shape index (κ1) is 19.8. The summed E-state index contributed by atoms with van der Waals surface area (Å²) in [5.74, 6) is 1.32. The van der Waals surface area contributed by atoms with E-state index < -0.39 is 4.92 Å². The van der Waals surface area contributed by atoms with Crippen molar-refractivity contribution in [3.05, 3.63) is 40.1 Å². The molecule has 0 spiro atoms. The first-order chi connectivity index (χ1) is 13.5. The fourth-order valence-corrected chi connectivity index (χ4v) is 3.42. The number of nitrogens with one attached hydrogen (secondary N) is 2. The van der Waals surface area contributed by atoms with Gasteiger partial charge < -0.3 is 21.3 Å². The summed E-state index contributed by atoms with van der Waals surface area (Å²) >= 11 is 0. The molecule has 9 heteroatoms. The molecule has 0 bridgehead atoms. The fraction of sp³-hybridized carbons (Fsp3) is 0.474. The molecule has 1 aliphatic rings. The zero-order chi connectivity index (χ0) is 20.1. The van der Waals surface area contributed by atoms with Crippen LogP contribution in [0.4, 0.5) is 28.8 Å². The van der Waals surface area contributed by atoms with Crippen LogP contribution in [0.5, 0.6) is 0 Å². The minimum absolute atomic E-state index is 0.128. The molecule has 0 radical (unpaired) electrons. The third-order valence-electron chi connectivity index (χ3n) is 4.76. The topological polar surface area (TPSA) is 122 Å². The second-order valence-corrected chi connectivity index (χ2v) is 6.94. The number of hydrogen-bond acceptors (Lipinski definition) is 8. The molecule has 2 heterocycles. The third kappa shape index (κ3) is 4.66. The summed E-state index contributed by atoms with van der Waals surface area (Å²) in [5.41, 5.74) is 7.16. The molecule has 4 N–H and O–H groups in total. The van der Waals surface area contributed by atoms with Gasteiger partial charge in [-0.25, -0.2) is 4.98 Å². The Morgan fingerprint density at radius 2 is 2.14 bits per heavy atom. The summed E-state index contributed by atoms with van der Waals surface area (Å²) in [6.07, 6.45) is 2.90. The van der Waals surface area contributed by atoms with Gasteiger partial charge in [0.25, 0.3) is 5.69 Å². The van der Waals surface area contributed by atoms with Crippen LogP contribution in [0.1, 0.15) is 32.4 Å². The number of nitrogens with zero attached hydrogens (tertiary/aromatic N) is 4. The molecule has 1 aromatic heterocycles. The molecule has 1 aliphatic heterocycles. The van der Waals surface area contributed by atoms with Crippen molar-refractivity contribution in [1.29, 1.82) is 0 Å². The van der Waals surface area contributed by atoms with E-state index in [0.29, 0.717) is 17.7 Å². The summed E-state index contributed by atoms with van der Waals surface area (Å²) in [7, 11) is 0. The Morgan fingerprint density at radius 3 is 2.86 bits per heavy atom. The number of rotatable bonds is 8. The lowest BCUT2D eigenvalue weighted by molar-refractivity contribution is -0.383. The van der Waals surface area contributed by atoms with Gasteiger partial charge in [-0.3, -0.25) is 10.1 Å². The molecule has 1 fully saturated rings. The molecule has 0 aliphatic carbocycles. The highest BCUT2D eigenvalue weighted by molar-refractivity contribution is 5.68. The van der Waals surface area contributed by atoms with Crippen molar-refractivity contribution >= 4 is 28.8 Å². The van der Waals surface area contributed by atoms with E-state index in [2.05, 4.69) is 39.3 Å². The van der Waals surface area contributed by atoms with Gasteiger partial charge in [0, 0.05) is 42.6 Å². The SMILES string of the molecule is CCCc1cc(N2CC[C@H](NCC)C2)nc(Nc2ccc(N)c([N+](=O)[O-])c2)n1. The number of benzene rings is 1. The van der Waals surface area contributed by atoms with E-state index in [-0.39, 0.29) is 11.4 Å². The number of nitro groups is 1. The van der Waals surface area contributed by atoms with Gasteiger partial charge in [0.15, 0.2) is 0 Å². The van der Waals surface area contributed by atoms with E-state index in [4.69, 9.17) is 5.73 Å². The summed E-state index contributed by atoms with van der Waals surface area (Å²) < 4.78 is 0. The Morgan fingerprint density at radius 1 is 1.32 bits per heavy atom. The number of nitro benzene ring substituents is 1. The second kappa shape index (κ2) is 8.83. The highest BCUT2D eigenvalue weighted by atomic mass is 16.6. The van der Waals surface area contributed by atoms with Crippen LogP contribution in [0.3, 0.4) is 0 Å². The maximum absolute atomic E-state index is 11.1. The van der Waals surface area contributed by atoms with Crippen LogP contribution in [0.15, 0.2) is 24.3 Å². The molecule has 9 nitrogen and oxygen atoms in total. The molecule has 0 amide bonds. The molecule has 2 aromatic rings. The number of hydrogen-bond donors (Lipinski definition) is 3. The largest absolute Gasteiger partial charge is 0.393 e. The van der Waals surface area contributed by atoms with Crippen LogP contribution < -0.4 is 21.3 Å². The Balaban J connectivity index is 1.85. The number of nitrogens with two attached hydrogens (primary N) is 1. The highest BCUT2D eigenvalue weighted by Gasteiger charge is 2.23. The lowest BCUT2D eigenvalue weighted by Crippen LogP contribution is -2.32. The van der Waals surface area contributed by atoms with E-state index in [9.17, 15) is 10.1 Å². The van der Waals surface area contributed by atoms with Crippen molar-refractivity contribution in [2.24, 2.45) is 0 Å². The van der Waals surface area contributed by atoms with Crippen molar-refractivity contribution in [3.8, 4) is 0 Å². The monoisotopic (exact) mass is 385 g/mol. The van der Waals surface area contributed by atoms with Gasteiger partial charge in [-0.1, -0.05) is 20.3 Å². The van der Waals surface area contributed by atoms with Crippen molar-refractivity contribution in [1.82, 2.24) is 15.3 Å². The van der Waals surface area contributed by atoms with E-state index in [1.165, 1.54) is 12.1 Å². The molecule has 0 unspecified atom stereocenters. The van der Waals surface area contributed by atoms with Gasteiger partial charge in [0.1, 0.15) is 11.5 Å². The highest BCUT2D eigenvalue weighted by Crippen LogP contribution is 2.27. The van der Waals surface area contributed by atoms with Crippen LogP contribution in [-0.2, 0) is 6.42 Å². The van der Waals surface area contributed by atoms with Crippen molar-refractivity contribution < 1.29 is 4.92 Å². The van der Waals surface area contributed by atoms with Crippen LogP contribution in [0, 0.1) is 10.1 Å². The predicted molar refractivity (Wildman–Crippen MR) is 111 cm³/mol. The summed E-state index contributed by atoms with van der Waals surface area (Å²) in [6.45, 7) is 7.01. The van der Waals surface area contributed by atoms with Gasteiger partial charge in [-0.15, -0.1) is 0 Å². The minimum Gasteiger partial charge on any atom is -0.393 e. The lowest BCUT2D eigenvalue weighted by atomic mass is 10.2. The number of anilines is 4. The molecule has 0 saturated carbocycles. The molecule has 3 rings (SSSR count). The van der Waals surface area contributed by atoms with Crippen molar-refractivity contribution in [3.63, 3.8) is 0 Å². The van der Waals surface area contributed by atoms with E-state index in [0.717, 1.165) is 50.4 Å². The van der Waals surface area contributed by atoms with E-state index in [1.54, 1.807) is 6.07 Å². The zero-order valence-corrected chi connectivity index (χ0v) is 16.3. The zero-order valence-electron chi connectivity index (χ0n) is 16.3. The first-order valence-electron chi connectivity index (χ1n) is 9.67. The quantitative estimate of drug-likeness (QED) is 0.360. The molecule has 1 saturated heterocycles. The second-order valence-electron chi connectivity index (χ2n) is 6.94. The number of likely N-dealkylation sites (N-methyl/N-ethyl adjacent to an activating group) is 1. The number of aromatic nitrogens is 2. The molecular formula is C19H27N7O2. The van der Waals surface area contributed by atoms with Gasteiger partial charge in [-0.2, -0.15) is 4.98 Å². The average Bonchev–Trinajstić information content (AvgIpc) is 3.12. The Bertz CT molecular complexity index is 843. The average molecular weight is 385 g/mol. The van der Waals surface area contributed by atoms with Crippen LogP contribution in [0.2, 0.25) is 0 Å². The van der Waals surface area contributed by atoms with Crippen molar-refractivity contribution in [2.45, 2.75) is 39.2 Å². The van der Waals surface area contributed by atoms with Crippen LogP contribution in [-0.4, -0.2) is 40.6 Å². The number of nitrogen functional groups attached to an aromatic ring is 1. The summed E-state index contributed by atoms with van der Waals surface area (Å²) in [5, 5.41) is 17.7. The minimum atomic E-state index is -0.495. The van der Waals surface area contributed by atoms with Crippen LogP contribution >= 0.6 is 0 Å². The molecule has 1 atom stereocenters.